The van der Waals surface area contributed by atoms with Gasteiger partial charge in [-0.25, -0.2) is 0 Å². The van der Waals surface area contributed by atoms with Crippen LogP contribution in [0.3, 0.4) is 0 Å². The van der Waals surface area contributed by atoms with Gasteiger partial charge < -0.3 is 15.2 Å². The van der Waals surface area contributed by atoms with Crippen molar-refractivity contribution in [2.24, 2.45) is 0 Å². The highest BCUT2D eigenvalue weighted by Gasteiger charge is 2.25. The number of nitrogens with one attached hydrogen (secondary N) is 1. The second-order valence-corrected chi connectivity index (χ2v) is 2.90. The van der Waals surface area contributed by atoms with Gasteiger partial charge in [-0.1, -0.05) is 0 Å². The fourth-order valence-electron chi connectivity index (χ4n) is 1.36. The lowest BCUT2D eigenvalue weighted by molar-refractivity contribution is 0.415. The van der Waals surface area contributed by atoms with Gasteiger partial charge in [0.05, 0.1) is 0 Å². The molecule has 10 heavy (non-hydrogen) atoms. The number of likely N-dealkylation sites (N-methyl/N-ethyl adjacent to an activating group) is 1. The molecule has 0 amide bonds. The first-order valence-electron chi connectivity index (χ1n) is 3.83. The van der Waals surface area contributed by atoms with E-state index in [0.29, 0.717) is 6.04 Å². The van der Waals surface area contributed by atoms with E-state index in [-0.39, 0.29) is 7.05 Å². The minimum atomic E-state index is -0.279. The first kappa shape index (κ1) is 8.05. The molecule has 0 aromatic heterocycles. The molecule has 1 saturated heterocycles. The highest BCUT2D eigenvalue weighted by atomic mass is 16.2. The molecular formula is C6H15BN2O. The van der Waals surface area contributed by atoms with Crippen LogP contribution in [0.15, 0.2) is 0 Å². The van der Waals surface area contributed by atoms with Gasteiger partial charge in [0.2, 0.25) is 0 Å². The maximum Gasteiger partial charge on any atom is 0.376 e. The van der Waals surface area contributed by atoms with E-state index >= 15 is 0 Å². The number of rotatable bonds is 2. The molecule has 1 rings (SSSR count). The number of hydrogen-bond acceptors (Lipinski definition) is 3. The molecule has 1 heterocycles. The van der Waals surface area contributed by atoms with E-state index < -0.39 is 0 Å². The van der Waals surface area contributed by atoms with Crippen LogP contribution >= 0.6 is 0 Å². The predicted octanol–water partition coefficient (Wildman–Crippen LogP) is -0.610. The van der Waals surface area contributed by atoms with Crippen LogP contribution in [0.5, 0.6) is 0 Å². The molecule has 0 aromatic rings. The number of nitrogens with zero attached hydrogens (tertiary/aromatic N) is 1. The fraction of sp³-hybridized carbons (Fsp3) is 1.00. The SMILES string of the molecule is CNC1CCN(B(C)O)C1. The Morgan fingerprint density at radius 3 is 2.70 bits per heavy atom. The second-order valence-electron chi connectivity index (χ2n) is 2.90. The summed E-state index contributed by atoms with van der Waals surface area (Å²) < 4.78 is 0. The molecule has 1 atom stereocenters. The summed E-state index contributed by atoms with van der Waals surface area (Å²) in [5.41, 5.74) is 0. The minimum Gasteiger partial charge on any atom is -0.437 e. The summed E-state index contributed by atoms with van der Waals surface area (Å²) in [6, 6.07) is 0.578. The van der Waals surface area contributed by atoms with Gasteiger partial charge in [0.25, 0.3) is 0 Å². The van der Waals surface area contributed by atoms with Gasteiger partial charge in [0.1, 0.15) is 0 Å². The molecular weight excluding hydrogens is 127 g/mol. The van der Waals surface area contributed by atoms with Crippen LogP contribution in [0.4, 0.5) is 0 Å². The van der Waals surface area contributed by atoms with Crippen molar-refractivity contribution in [2.45, 2.75) is 19.3 Å². The maximum absolute atomic E-state index is 9.16. The lowest BCUT2D eigenvalue weighted by Gasteiger charge is -2.15. The quantitative estimate of drug-likeness (QED) is 0.505. The zero-order chi connectivity index (χ0) is 7.56. The monoisotopic (exact) mass is 142 g/mol. The average molecular weight is 142 g/mol. The molecule has 4 heteroatoms. The molecule has 0 aliphatic carbocycles. The van der Waals surface area contributed by atoms with Gasteiger partial charge in [-0.3, -0.25) is 0 Å². The van der Waals surface area contributed by atoms with Crippen LogP contribution in [0.1, 0.15) is 6.42 Å². The molecule has 1 aliphatic rings. The first-order valence-corrected chi connectivity index (χ1v) is 3.83. The molecule has 0 aromatic carbocycles. The first-order chi connectivity index (χ1) is 4.74. The topological polar surface area (TPSA) is 35.5 Å². The average Bonchev–Trinajstić information content (AvgIpc) is 2.34. The normalized spacial score (nSPS) is 27.3. The summed E-state index contributed by atoms with van der Waals surface area (Å²) in [5, 5.41) is 12.4. The Morgan fingerprint density at radius 2 is 2.40 bits per heavy atom. The van der Waals surface area contributed by atoms with E-state index in [2.05, 4.69) is 10.1 Å². The predicted molar refractivity (Wildman–Crippen MR) is 42.9 cm³/mol. The largest absolute Gasteiger partial charge is 0.437 e. The Bertz CT molecular complexity index is 110. The summed E-state index contributed by atoms with van der Waals surface area (Å²) in [7, 11) is 1.69. The highest BCUT2D eigenvalue weighted by molar-refractivity contribution is 6.45. The zero-order valence-corrected chi connectivity index (χ0v) is 6.67. The van der Waals surface area contributed by atoms with Crippen LogP contribution in [-0.2, 0) is 0 Å². The summed E-state index contributed by atoms with van der Waals surface area (Å²) in [6.07, 6.45) is 1.15. The van der Waals surface area contributed by atoms with E-state index in [1.807, 2.05) is 13.9 Å². The summed E-state index contributed by atoms with van der Waals surface area (Å²) >= 11 is 0. The molecule has 1 unspecified atom stereocenters. The smallest absolute Gasteiger partial charge is 0.376 e. The van der Waals surface area contributed by atoms with Crippen molar-refractivity contribution >= 4 is 7.05 Å². The molecule has 0 radical (unpaired) electrons. The Morgan fingerprint density at radius 1 is 1.70 bits per heavy atom. The summed E-state index contributed by atoms with van der Waals surface area (Å²) in [4.78, 5) is 2.07. The lowest BCUT2D eigenvalue weighted by Crippen LogP contribution is -2.37. The van der Waals surface area contributed by atoms with Crippen molar-refractivity contribution in [3.05, 3.63) is 0 Å². The molecule has 58 valence electrons. The van der Waals surface area contributed by atoms with Gasteiger partial charge in [-0.2, -0.15) is 0 Å². The van der Waals surface area contributed by atoms with Gasteiger partial charge in [-0.05, 0) is 26.8 Å². The summed E-state index contributed by atoms with van der Waals surface area (Å²) in [5.74, 6) is 0. The van der Waals surface area contributed by atoms with Crippen LogP contribution in [0.25, 0.3) is 0 Å². The van der Waals surface area contributed by atoms with E-state index in [0.717, 1.165) is 19.5 Å². The van der Waals surface area contributed by atoms with Crippen molar-refractivity contribution < 1.29 is 5.02 Å². The molecule has 1 fully saturated rings. The van der Waals surface area contributed by atoms with Crippen molar-refractivity contribution in [3.8, 4) is 0 Å². The van der Waals surface area contributed by atoms with Gasteiger partial charge in [-0.15, -0.1) is 0 Å². The van der Waals surface area contributed by atoms with E-state index in [9.17, 15) is 0 Å². The molecule has 2 N–H and O–H groups in total. The highest BCUT2D eigenvalue weighted by Crippen LogP contribution is 2.08. The standard InChI is InChI=1S/C6H15BN2O/c1-7(10)9-4-3-6(5-9)8-2/h6,8,10H,3-5H2,1-2H3. The van der Waals surface area contributed by atoms with Gasteiger partial charge in [0.15, 0.2) is 0 Å². The minimum absolute atomic E-state index is 0.279. The van der Waals surface area contributed by atoms with Gasteiger partial charge in [0, 0.05) is 12.6 Å². The van der Waals surface area contributed by atoms with Crippen molar-refractivity contribution in [1.82, 2.24) is 10.1 Å². The van der Waals surface area contributed by atoms with Crippen LogP contribution in [-0.4, -0.2) is 43.1 Å². The second kappa shape index (κ2) is 3.37. The molecule has 0 bridgehead atoms. The van der Waals surface area contributed by atoms with E-state index in [4.69, 9.17) is 5.02 Å². The molecule has 3 nitrogen and oxygen atoms in total. The van der Waals surface area contributed by atoms with Gasteiger partial charge >= 0.3 is 7.05 Å². The molecule has 1 aliphatic heterocycles. The Hall–Kier alpha value is -0.0551. The Balaban J connectivity index is 2.28. The third-order valence-corrected chi connectivity index (χ3v) is 2.16. The maximum atomic E-state index is 9.16. The van der Waals surface area contributed by atoms with E-state index in [1.165, 1.54) is 0 Å². The molecule has 0 saturated carbocycles. The van der Waals surface area contributed by atoms with Crippen molar-refractivity contribution in [2.75, 3.05) is 20.1 Å². The Labute approximate surface area is 62.5 Å². The van der Waals surface area contributed by atoms with Crippen LogP contribution < -0.4 is 5.32 Å². The zero-order valence-electron chi connectivity index (χ0n) is 6.67. The number of hydrogen-bond donors (Lipinski definition) is 2. The van der Waals surface area contributed by atoms with Crippen LogP contribution in [0, 0.1) is 0 Å². The van der Waals surface area contributed by atoms with Crippen LogP contribution in [0.2, 0.25) is 6.82 Å². The van der Waals surface area contributed by atoms with Crippen molar-refractivity contribution in [1.29, 1.82) is 0 Å². The third kappa shape index (κ3) is 1.72. The van der Waals surface area contributed by atoms with Crippen molar-refractivity contribution in [3.63, 3.8) is 0 Å². The lowest BCUT2D eigenvalue weighted by atomic mass is 9.86. The third-order valence-electron chi connectivity index (χ3n) is 2.16. The summed E-state index contributed by atoms with van der Waals surface area (Å²) in [6.45, 7) is 3.81. The molecule has 0 spiro atoms. The van der Waals surface area contributed by atoms with E-state index in [1.54, 1.807) is 0 Å². The Kier molecular flexibility index (Phi) is 2.71. The fourth-order valence-corrected chi connectivity index (χ4v) is 1.36.